The van der Waals surface area contributed by atoms with Crippen LogP contribution in [-0.2, 0) is 4.79 Å². The Morgan fingerprint density at radius 3 is 2.48 bits per heavy atom. The minimum Gasteiger partial charge on any atom is -0.494 e. The fraction of sp³-hybridized carbons (Fsp3) is 0.316. The van der Waals surface area contributed by atoms with Gasteiger partial charge in [-0.3, -0.25) is 14.9 Å². The Kier molecular flexibility index (Phi) is 7.01. The molecule has 0 aromatic heterocycles. The molecule has 0 atom stereocenters. The molecule has 0 radical (unpaired) electrons. The summed E-state index contributed by atoms with van der Waals surface area (Å²) in [6, 6.07) is 7.75. The van der Waals surface area contributed by atoms with Gasteiger partial charge in [0.2, 0.25) is 5.91 Å². The number of benzene rings is 2. The van der Waals surface area contributed by atoms with Crippen molar-refractivity contribution in [3.63, 3.8) is 0 Å². The number of non-ortho nitro benzene ring substituents is 1. The number of nitro benzene ring substituents is 1. The van der Waals surface area contributed by atoms with Gasteiger partial charge in [-0.25, -0.2) is 0 Å². The van der Waals surface area contributed by atoms with E-state index in [0.717, 1.165) is 16.1 Å². The number of hydrogen-bond acceptors (Lipinski definition) is 5. The zero-order valence-corrected chi connectivity index (χ0v) is 16.1. The van der Waals surface area contributed by atoms with Crippen molar-refractivity contribution in [1.82, 2.24) is 0 Å². The molecule has 0 heterocycles. The smallest absolute Gasteiger partial charge is 0.273 e. The number of carbonyl (C=O) groups excluding carboxylic acids is 1. The van der Waals surface area contributed by atoms with Gasteiger partial charge in [0, 0.05) is 17.5 Å². The van der Waals surface area contributed by atoms with Crippen LogP contribution in [0.25, 0.3) is 0 Å². The summed E-state index contributed by atoms with van der Waals surface area (Å²) in [5, 5.41) is 14.2. The van der Waals surface area contributed by atoms with Gasteiger partial charge in [0.15, 0.2) is 0 Å². The molecule has 0 spiro atoms. The summed E-state index contributed by atoms with van der Waals surface area (Å²) in [5.74, 6) is 0.724. The van der Waals surface area contributed by atoms with Crippen LogP contribution in [0.4, 0.5) is 11.4 Å². The molecule has 0 aliphatic carbocycles. The van der Waals surface area contributed by atoms with Gasteiger partial charge in [-0.1, -0.05) is 11.6 Å². The molecule has 0 aliphatic heterocycles. The molecule has 27 heavy (non-hydrogen) atoms. The van der Waals surface area contributed by atoms with Crippen LogP contribution in [0.3, 0.4) is 0 Å². The second-order valence-electron chi connectivity index (χ2n) is 6.01. The van der Waals surface area contributed by atoms with Crippen molar-refractivity contribution >= 4 is 28.9 Å². The van der Waals surface area contributed by atoms with Gasteiger partial charge in [0.05, 0.1) is 30.4 Å². The Balaban J connectivity index is 1.85. The standard InChI is InChI=1S/C19H21ClN2O5/c1-12-9-15(10-13(2)19(12)20)27-8-4-5-18(23)21-16-7-6-14(22(24)25)11-17(16)26-3/h6-7,9-11H,4-5,8H2,1-3H3,(H,21,23). The molecule has 2 aromatic rings. The number of anilines is 1. The third-order valence-electron chi connectivity index (χ3n) is 3.90. The van der Waals surface area contributed by atoms with Crippen molar-refractivity contribution in [2.24, 2.45) is 0 Å². The van der Waals surface area contributed by atoms with Crippen LogP contribution in [-0.4, -0.2) is 24.5 Å². The molecule has 2 aromatic carbocycles. The Morgan fingerprint density at radius 2 is 1.89 bits per heavy atom. The lowest BCUT2D eigenvalue weighted by Crippen LogP contribution is -2.13. The van der Waals surface area contributed by atoms with E-state index in [2.05, 4.69) is 5.32 Å². The Morgan fingerprint density at radius 1 is 1.22 bits per heavy atom. The quantitative estimate of drug-likeness (QED) is 0.400. The molecule has 0 unspecified atom stereocenters. The predicted octanol–water partition coefficient (Wildman–Crippen LogP) is 4.67. The first-order valence-electron chi connectivity index (χ1n) is 8.33. The van der Waals surface area contributed by atoms with Gasteiger partial charge in [0.1, 0.15) is 11.5 Å². The maximum atomic E-state index is 12.1. The Labute approximate surface area is 162 Å². The first-order valence-corrected chi connectivity index (χ1v) is 8.71. The molecule has 0 bridgehead atoms. The monoisotopic (exact) mass is 392 g/mol. The van der Waals surface area contributed by atoms with Crippen LogP contribution < -0.4 is 14.8 Å². The third-order valence-corrected chi connectivity index (χ3v) is 4.49. The summed E-state index contributed by atoms with van der Waals surface area (Å²) in [7, 11) is 1.39. The average molecular weight is 393 g/mol. The minimum absolute atomic E-state index is 0.105. The summed E-state index contributed by atoms with van der Waals surface area (Å²) in [5.41, 5.74) is 2.16. The van der Waals surface area contributed by atoms with E-state index < -0.39 is 4.92 Å². The van der Waals surface area contributed by atoms with E-state index in [1.54, 1.807) is 0 Å². The van der Waals surface area contributed by atoms with E-state index in [4.69, 9.17) is 21.1 Å². The molecule has 0 fully saturated rings. The number of rotatable bonds is 8. The largest absolute Gasteiger partial charge is 0.494 e. The molecule has 1 amide bonds. The second kappa shape index (κ2) is 9.23. The van der Waals surface area contributed by atoms with Crippen molar-refractivity contribution in [1.29, 1.82) is 0 Å². The fourth-order valence-electron chi connectivity index (χ4n) is 2.52. The third kappa shape index (κ3) is 5.59. The summed E-state index contributed by atoms with van der Waals surface area (Å²) >= 11 is 6.13. The first kappa shape index (κ1) is 20.5. The SMILES string of the molecule is COc1cc([N+](=O)[O-])ccc1NC(=O)CCCOc1cc(C)c(Cl)c(C)c1. The number of methoxy groups -OCH3 is 1. The molecule has 144 valence electrons. The van der Waals surface area contributed by atoms with E-state index in [-0.39, 0.29) is 23.8 Å². The number of nitrogens with one attached hydrogen (secondary N) is 1. The average Bonchev–Trinajstić information content (AvgIpc) is 2.63. The molecule has 7 nitrogen and oxygen atoms in total. The summed E-state index contributed by atoms with van der Waals surface area (Å²) in [4.78, 5) is 22.4. The van der Waals surface area contributed by atoms with Crippen LogP contribution in [0.2, 0.25) is 5.02 Å². The van der Waals surface area contributed by atoms with Gasteiger partial charge in [-0.15, -0.1) is 0 Å². The zero-order valence-electron chi connectivity index (χ0n) is 15.4. The highest BCUT2D eigenvalue weighted by molar-refractivity contribution is 6.32. The predicted molar refractivity (Wildman–Crippen MR) is 104 cm³/mol. The van der Waals surface area contributed by atoms with E-state index in [1.807, 2.05) is 26.0 Å². The molecule has 1 N–H and O–H groups in total. The van der Waals surface area contributed by atoms with Gasteiger partial charge >= 0.3 is 0 Å². The van der Waals surface area contributed by atoms with Crippen LogP contribution in [0.1, 0.15) is 24.0 Å². The molecular formula is C19H21ClN2O5. The van der Waals surface area contributed by atoms with E-state index in [1.165, 1.54) is 25.3 Å². The van der Waals surface area contributed by atoms with Crippen LogP contribution >= 0.6 is 11.6 Å². The summed E-state index contributed by atoms with van der Waals surface area (Å²) < 4.78 is 10.8. The van der Waals surface area contributed by atoms with Crippen LogP contribution in [0.5, 0.6) is 11.5 Å². The number of ether oxygens (including phenoxy) is 2. The molecule has 2 rings (SSSR count). The van der Waals surface area contributed by atoms with Crippen molar-refractivity contribution in [3.05, 3.63) is 56.6 Å². The van der Waals surface area contributed by atoms with Gasteiger partial charge in [0.25, 0.3) is 5.69 Å². The second-order valence-corrected chi connectivity index (χ2v) is 6.39. The maximum absolute atomic E-state index is 12.1. The highest BCUT2D eigenvalue weighted by Gasteiger charge is 2.13. The first-order chi connectivity index (χ1) is 12.8. The number of hydrogen-bond donors (Lipinski definition) is 1. The number of nitro groups is 1. The van der Waals surface area contributed by atoms with Gasteiger partial charge in [-0.2, -0.15) is 0 Å². The molecule has 0 aliphatic rings. The van der Waals surface area contributed by atoms with E-state index >= 15 is 0 Å². The molecule has 8 heteroatoms. The minimum atomic E-state index is -0.522. The summed E-state index contributed by atoms with van der Waals surface area (Å²) in [6.45, 7) is 4.20. The zero-order chi connectivity index (χ0) is 20.0. The fourth-order valence-corrected chi connectivity index (χ4v) is 2.63. The Bertz CT molecular complexity index is 831. The van der Waals surface area contributed by atoms with Gasteiger partial charge in [-0.05, 0) is 49.6 Å². The number of aryl methyl sites for hydroxylation is 2. The van der Waals surface area contributed by atoms with Gasteiger partial charge < -0.3 is 14.8 Å². The van der Waals surface area contributed by atoms with Crippen molar-refractivity contribution < 1.29 is 19.2 Å². The molecular weight excluding hydrogens is 372 g/mol. The van der Waals surface area contributed by atoms with Crippen molar-refractivity contribution in [3.8, 4) is 11.5 Å². The topological polar surface area (TPSA) is 90.7 Å². The molecule has 0 saturated heterocycles. The van der Waals surface area contributed by atoms with Crippen molar-refractivity contribution in [2.75, 3.05) is 19.0 Å². The number of nitrogens with zero attached hydrogens (tertiary/aromatic N) is 1. The molecule has 0 saturated carbocycles. The number of amides is 1. The Hall–Kier alpha value is -2.80. The van der Waals surface area contributed by atoms with E-state index in [9.17, 15) is 14.9 Å². The van der Waals surface area contributed by atoms with Crippen LogP contribution in [0.15, 0.2) is 30.3 Å². The lowest BCUT2D eigenvalue weighted by molar-refractivity contribution is -0.384. The normalized spacial score (nSPS) is 10.4. The number of carbonyl (C=O) groups is 1. The highest BCUT2D eigenvalue weighted by atomic mass is 35.5. The highest BCUT2D eigenvalue weighted by Crippen LogP contribution is 2.29. The summed E-state index contributed by atoms with van der Waals surface area (Å²) in [6.07, 6.45) is 0.757. The van der Waals surface area contributed by atoms with E-state index in [0.29, 0.717) is 24.5 Å². The van der Waals surface area contributed by atoms with Crippen molar-refractivity contribution in [2.45, 2.75) is 26.7 Å². The lowest BCUT2D eigenvalue weighted by Gasteiger charge is -2.11. The lowest BCUT2D eigenvalue weighted by atomic mass is 10.1. The number of halogens is 1. The van der Waals surface area contributed by atoms with Crippen LogP contribution in [0, 0.1) is 24.0 Å². The maximum Gasteiger partial charge on any atom is 0.273 e.